The third-order valence-electron chi connectivity index (χ3n) is 2.13. The molecule has 0 aromatic rings. The highest BCUT2D eigenvalue weighted by Gasteiger charge is 2.13. The van der Waals surface area contributed by atoms with Crippen LogP contribution in [0.25, 0.3) is 0 Å². The third-order valence-corrected chi connectivity index (χ3v) is 2.13. The fraction of sp³-hybridized carbons (Fsp3) is 1.00. The molecule has 0 spiro atoms. The van der Waals surface area contributed by atoms with E-state index in [0.29, 0.717) is 0 Å². The molecule has 2 heteroatoms. The summed E-state index contributed by atoms with van der Waals surface area (Å²) < 4.78 is 0. The molecule has 0 amide bonds. The number of quaternary nitrogens is 1. The van der Waals surface area contributed by atoms with Crippen LogP contribution in [0.1, 0.15) is 19.8 Å². The van der Waals surface area contributed by atoms with Gasteiger partial charge < -0.3 is 10.6 Å². The first-order valence-electron chi connectivity index (χ1n) is 4.18. The Hall–Kier alpha value is -0.0800. The van der Waals surface area contributed by atoms with E-state index in [-0.39, 0.29) is 0 Å². The van der Waals surface area contributed by atoms with Gasteiger partial charge >= 0.3 is 0 Å². The van der Waals surface area contributed by atoms with Gasteiger partial charge in [-0.1, -0.05) is 6.92 Å². The van der Waals surface area contributed by atoms with Gasteiger partial charge in [-0.3, -0.25) is 0 Å². The summed E-state index contributed by atoms with van der Waals surface area (Å²) in [6.07, 6.45) is 2.87. The summed E-state index contributed by atoms with van der Waals surface area (Å²) in [7, 11) is 3.78. The summed E-state index contributed by atoms with van der Waals surface area (Å²) in [6, 6.07) is 0. The van der Waals surface area contributed by atoms with Gasteiger partial charge in [0.2, 0.25) is 0 Å². The van der Waals surface area contributed by atoms with Gasteiger partial charge in [0.25, 0.3) is 0 Å². The Morgan fingerprint density at radius 3 is 1.90 bits per heavy atom. The second kappa shape index (κ2) is 5.69. The Bertz CT molecular complexity index is 55.7. The molecule has 1 saturated heterocycles. The molecule has 1 rings (SSSR count). The van der Waals surface area contributed by atoms with Crippen molar-refractivity contribution >= 4 is 0 Å². The molecule has 10 heavy (non-hydrogen) atoms. The minimum atomic E-state index is 0.999. The topological polar surface area (TPSA) is 30.5 Å². The molecule has 1 fully saturated rings. The Morgan fingerprint density at radius 2 is 1.60 bits per heavy atom. The van der Waals surface area contributed by atoms with Crippen molar-refractivity contribution in [3.8, 4) is 0 Å². The number of nitrogens with two attached hydrogens (primary N) is 1. The van der Waals surface area contributed by atoms with E-state index in [2.05, 4.69) is 19.7 Å². The zero-order chi connectivity index (χ0) is 7.98. The van der Waals surface area contributed by atoms with Gasteiger partial charge in [0.1, 0.15) is 0 Å². The largest absolute Gasteiger partial charge is 0.337 e. The van der Waals surface area contributed by atoms with E-state index >= 15 is 0 Å². The van der Waals surface area contributed by atoms with Crippen molar-refractivity contribution in [2.45, 2.75) is 19.8 Å². The average Bonchev–Trinajstić information content (AvgIpc) is 2.00. The van der Waals surface area contributed by atoms with Crippen LogP contribution < -0.4 is 10.6 Å². The zero-order valence-electron chi connectivity index (χ0n) is 7.48. The van der Waals surface area contributed by atoms with Crippen LogP contribution in [-0.4, -0.2) is 27.2 Å². The van der Waals surface area contributed by atoms with Crippen molar-refractivity contribution in [3.63, 3.8) is 0 Å². The highest BCUT2D eigenvalue weighted by Crippen LogP contribution is 2.05. The molecule has 2 nitrogen and oxygen atoms in total. The first kappa shape index (κ1) is 9.92. The Morgan fingerprint density at radius 1 is 1.20 bits per heavy atom. The molecule has 0 saturated carbocycles. The average molecular weight is 145 g/mol. The normalized spacial score (nSPS) is 32.4. The summed E-state index contributed by atoms with van der Waals surface area (Å²) in [5.74, 6) is 0.999. The maximum absolute atomic E-state index is 4.50. The Kier molecular flexibility index (Phi) is 5.64. The number of hydrogen-bond donors (Lipinski definition) is 2. The summed E-state index contributed by atoms with van der Waals surface area (Å²) >= 11 is 0. The highest BCUT2D eigenvalue weighted by atomic mass is 15.1. The van der Waals surface area contributed by atoms with E-state index in [9.17, 15) is 0 Å². The quantitative estimate of drug-likeness (QED) is 0.473. The van der Waals surface area contributed by atoms with Crippen molar-refractivity contribution in [2.75, 3.05) is 27.2 Å². The molecule has 0 bridgehead atoms. The second-order valence-electron chi connectivity index (χ2n) is 3.14. The van der Waals surface area contributed by atoms with Crippen molar-refractivity contribution in [1.82, 2.24) is 0 Å². The van der Waals surface area contributed by atoms with E-state index in [1.807, 2.05) is 0 Å². The lowest BCUT2D eigenvalue weighted by Gasteiger charge is -2.23. The molecule has 1 aliphatic rings. The van der Waals surface area contributed by atoms with Gasteiger partial charge in [0, 0.05) is 0 Å². The van der Waals surface area contributed by atoms with Crippen LogP contribution in [0.2, 0.25) is 0 Å². The summed E-state index contributed by atoms with van der Waals surface area (Å²) in [5.41, 5.74) is 4.50. The molecule has 0 aliphatic carbocycles. The van der Waals surface area contributed by atoms with Crippen molar-refractivity contribution in [2.24, 2.45) is 11.7 Å². The molecule has 0 radical (unpaired) electrons. The predicted molar refractivity (Wildman–Crippen MR) is 45.1 cm³/mol. The van der Waals surface area contributed by atoms with Crippen LogP contribution >= 0.6 is 0 Å². The van der Waals surface area contributed by atoms with E-state index < -0.39 is 0 Å². The lowest BCUT2D eigenvalue weighted by Crippen LogP contribution is -3.10. The van der Waals surface area contributed by atoms with Crippen LogP contribution in [-0.2, 0) is 0 Å². The summed E-state index contributed by atoms with van der Waals surface area (Å²) in [4.78, 5) is 1.71. The van der Waals surface area contributed by atoms with Gasteiger partial charge in [-0.25, -0.2) is 0 Å². The Labute approximate surface area is 64.4 Å². The first-order chi connectivity index (χ1) is 4.79. The third kappa shape index (κ3) is 3.85. The van der Waals surface area contributed by atoms with Gasteiger partial charge in [0.05, 0.1) is 20.1 Å². The zero-order valence-corrected chi connectivity index (χ0v) is 7.48. The smallest absolute Gasteiger partial charge is 0.0771 e. The molecule has 62 valence electrons. The number of hydrogen-bond acceptors (Lipinski definition) is 1. The van der Waals surface area contributed by atoms with Crippen LogP contribution in [0, 0.1) is 5.92 Å². The maximum Gasteiger partial charge on any atom is 0.0771 e. The predicted octanol–water partition coefficient (Wildman–Crippen LogP) is -0.494. The van der Waals surface area contributed by atoms with E-state index in [1.165, 1.54) is 33.0 Å². The minimum absolute atomic E-state index is 0.999. The van der Waals surface area contributed by atoms with Crippen molar-refractivity contribution in [1.29, 1.82) is 0 Å². The lowest BCUT2D eigenvalue weighted by atomic mass is 10.00. The maximum atomic E-state index is 4.50. The lowest BCUT2D eigenvalue weighted by molar-refractivity contribution is -0.885. The van der Waals surface area contributed by atoms with Crippen LogP contribution in [0.4, 0.5) is 0 Å². The summed E-state index contributed by atoms with van der Waals surface area (Å²) in [6.45, 7) is 5.13. The van der Waals surface area contributed by atoms with Crippen molar-refractivity contribution < 1.29 is 4.90 Å². The molecular weight excluding hydrogens is 124 g/mol. The number of nitrogens with one attached hydrogen (secondary N) is 1. The molecular formula is C8H21N2+. The van der Waals surface area contributed by atoms with E-state index in [0.717, 1.165) is 5.92 Å². The molecule has 1 aliphatic heterocycles. The highest BCUT2D eigenvalue weighted by molar-refractivity contribution is 4.54. The van der Waals surface area contributed by atoms with Gasteiger partial charge in [0.15, 0.2) is 0 Å². The number of piperidine rings is 1. The standard InChI is InChI=1S/C7H15N.CH5N/c1-7-3-5-8(2)6-4-7;1-2/h7H,3-6H2,1-2H3;2H2,1H3/p+1. The van der Waals surface area contributed by atoms with Gasteiger partial charge in [-0.15, -0.1) is 0 Å². The minimum Gasteiger partial charge on any atom is -0.337 e. The Balaban J connectivity index is 0.000000371. The van der Waals surface area contributed by atoms with Gasteiger partial charge in [-0.05, 0) is 25.8 Å². The molecule has 0 aromatic heterocycles. The summed E-state index contributed by atoms with van der Waals surface area (Å²) in [5, 5.41) is 0. The number of likely N-dealkylation sites (tertiary alicyclic amines) is 1. The molecule has 1 heterocycles. The molecule has 0 aromatic carbocycles. The molecule has 0 atom stereocenters. The second-order valence-corrected chi connectivity index (χ2v) is 3.14. The van der Waals surface area contributed by atoms with Gasteiger partial charge in [-0.2, -0.15) is 0 Å². The van der Waals surface area contributed by atoms with E-state index in [4.69, 9.17) is 0 Å². The van der Waals surface area contributed by atoms with Crippen LogP contribution in [0.3, 0.4) is 0 Å². The molecule has 0 unspecified atom stereocenters. The SMILES string of the molecule is CC1CC[NH+](C)CC1.CN. The fourth-order valence-corrected chi connectivity index (χ4v) is 1.25. The molecule has 3 N–H and O–H groups in total. The van der Waals surface area contributed by atoms with Crippen molar-refractivity contribution in [3.05, 3.63) is 0 Å². The monoisotopic (exact) mass is 145 g/mol. The number of rotatable bonds is 0. The fourth-order valence-electron chi connectivity index (χ4n) is 1.25. The van der Waals surface area contributed by atoms with E-state index in [1.54, 1.807) is 4.90 Å². The first-order valence-corrected chi connectivity index (χ1v) is 4.18. The van der Waals surface area contributed by atoms with Crippen LogP contribution in [0.15, 0.2) is 0 Å². The van der Waals surface area contributed by atoms with Crippen LogP contribution in [0.5, 0.6) is 0 Å².